The Morgan fingerprint density at radius 1 is 1.26 bits per heavy atom. The van der Waals surface area contributed by atoms with E-state index in [1.165, 1.54) is 12.4 Å². The number of hydrogen-bond donors (Lipinski definition) is 3. The van der Waals surface area contributed by atoms with Gasteiger partial charge < -0.3 is 16.9 Å². The molecule has 3 rings (SSSR count). The molecule has 8 heteroatoms. The van der Waals surface area contributed by atoms with Crippen LogP contribution in [-0.4, -0.2) is 29.9 Å². The second-order valence-corrected chi connectivity index (χ2v) is 6.51. The van der Waals surface area contributed by atoms with Crippen LogP contribution in [0.25, 0.3) is 10.4 Å². The van der Waals surface area contributed by atoms with E-state index >= 15 is 0 Å². The molecule has 2 heterocycles. The zero-order valence-corrected chi connectivity index (χ0v) is 15.4. The first kappa shape index (κ1) is 18.3. The SMILES string of the molecule is CN=C/C(=N\N)c1ccc(C(=O)Nc2cc(-c3cccs3)ccc2N)nc1. The van der Waals surface area contributed by atoms with Crippen LogP contribution >= 0.6 is 11.3 Å². The van der Waals surface area contributed by atoms with Crippen molar-refractivity contribution in [2.24, 2.45) is 15.9 Å². The number of nitrogens with one attached hydrogen (secondary N) is 1. The molecule has 0 bridgehead atoms. The van der Waals surface area contributed by atoms with Gasteiger partial charge in [0, 0.05) is 29.9 Å². The monoisotopic (exact) mass is 378 g/mol. The fourth-order valence-corrected chi connectivity index (χ4v) is 3.16. The molecule has 7 nitrogen and oxygen atoms in total. The number of rotatable bonds is 5. The summed E-state index contributed by atoms with van der Waals surface area (Å²) in [7, 11) is 1.62. The predicted octanol–water partition coefficient (Wildman–Crippen LogP) is 3.01. The van der Waals surface area contributed by atoms with Crippen LogP contribution < -0.4 is 16.9 Å². The van der Waals surface area contributed by atoms with Gasteiger partial charge in [-0.3, -0.25) is 14.8 Å². The van der Waals surface area contributed by atoms with Crippen LogP contribution in [0.4, 0.5) is 11.4 Å². The summed E-state index contributed by atoms with van der Waals surface area (Å²) >= 11 is 1.62. The molecule has 1 aromatic carbocycles. The Morgan fingerprint density at radius 2 is 2.11 bits per heavy atom. The number of aromatic nitrogens is 1. The summed E-state index contributed by atoms with van der Waals surface area (Å²) in [6.07, 6.45) is 3.04. The molecule has 27 heavy (non-hydrogen) atoms. The predicted molar refractivity (Wildman–Crippen MR) is 111 cm³/mol. The van der Waals surface area contributed by atoms with Gasteiger partial charge >= 0.3 is 0 Å². The van der Waals surface area contributed by atoms with Crippen LogP contribution in [0.15, 0.2) is 64.1 Å². The first-order chi connectivity index (χ1) is 13.1. The van der Waals surface area contributed by atoms with Crippen molar-refractivity contribution in [3.63, 3.8) is 0 Å². The highest BCUT2D eigenvalue weighted by molar-refractivity contribution is 7.13. The molecule has 136 valence electrons. The summed E-state index contributed by atoms with van der Waals surface area (Å²) in [4.78, 5) is 21.7. The van der Waals surface area contributed by atoms with Gasteiger partial charge in [-0.15, -0.1) is 11.3 Å². The Morgan fingerprint density at radius 3 is 2.74 bits per heavy atom. The van der Waals surface area contributed by atoms with E-state index in [0.29, 0.717) is 22.6 Å². The molecule has 3 aromatic rings. The van der Waals surface area contributed by atoms with E-state index in [1.807, 2.05) is 29.6 Å². The molecule has 0 atom stereocenters. The van der Waals surface area contributed by atoms with E-state index in [2.05, 4.69) is 20.4 Å². The molecule has 0 unspecified atom stereocenters. The minimum Gasteiger partial charge on any atom is -0.397 e. The van der Waals surface area contributed by atoms with Crippen molar-refractivity contribution in [2.45, 2.75) is 0 Å². The lowest BCUT2D eigenvalue weighted by Gasteiger charge is -2.10. The van der Waals surface area contributed by atoms with E-state index < -0.39 is 0 Å². The standard InChI is InChI=1S/C19H18N6OS/c1-22-11-17(25-21)13-5-7-15(23-10-13)19(26)24-16-9-12(4-6-14(16)20)18-3-2-8-27-18/h2-11H,20-21H2,1H3,(H,24,26)/b22-11?,25-17+. The van der Waals surface area contributed by atoms with Crippen molar-refractivity contribution in [2.75, 3.05) is 18.1 Å². The van der Waals surface area contributed by atoms with Crippen molar-refractivity contribution in [3.8, 4) is 10.4 Å². The highest BCUT2D eigenvalue weighted by atomic mass is 32.1. The normalized spacial score (nSPS) is 11.7. The number of nitrogen functional groups attached to an aromatic ring is 1. The fraction of sp³-hybridized carbons (Fsp3) is 0.0526. The van der Waals surface area contributed by atoms with Crippen molar-refractivity contribution in [1.82, 2.24) is 4.98 Å². The molecule has 0 saturated heterocycles. The van der Waals surface area contributed by atoms with Crippen LogP contribution in [-0.2, 0) is 0 Å². The molecule has 0 spiro atoms. The lowest BCUT2D eigenvalue weighted by atomic mass is 10.1. The van der Waals surface area contributed by atoms with E-state index in [-0.39, 0.29) is 11.6 Å². The lowest BCUT2D eigenvalue weighted by molar-refractivity contribution is 0.102. The Hall–Kier alpha value is -3.52. The Labute approximate surface area is 160 Å². The molecular formula is C19H18N6OS. The molecule has 0 aliphatic rings. The highest BCUT2D eigenvalue weighted by Gasteiger charge is 2.12. The number of carbonyl (C=O) groups excluding carboxylic acids is 1. The molecule has 0 aliphatic carbocycles. The minimum atomic E-state index is -0.355. The number of nitrogens with zero attached hydrogens (tertiary/aromatic N) is 3. The zero-order chi connectivity index (χ0) is 19.2. The number of nitrogens with two attached hydrogens (primary N) is 2. The summed E-state index contributed by atoms with van der Waals surface area (Å²) in [5, 5.41) is 8.46. The minimum absolute atomic E-state index is 0.254. The molecule has 0 aliphatic heterocycles. The number of amides is 1. The molecule has 0 fully saturated rings. The van der Waals surface area contributed by atoms with Gasteiger partial charge in [-0.1, -0.05) is 12.1 Å². The van der Waals surface area contributed by atoms with Crippen LogP contribution in [0.2, 0.25) is 0 Å². The first-order valence-electron chi connectivity index (χ1n) is 8.03. The van der Waals surface area contributed by atoms with Gasteiger partial charge in [0.1, 0.15) is 11.4 Å². The van der Waals surface area contributed by atoms with E-state index in [0.717, 1.165) is 10.4 Å². The van der Waals surface area contributed by atoms with Crippen molar-refractivity contribution < 1.29 is 4.79 Å². The number of thiophene rings is 1. The third kappa shape index (κ3) is 4.18. The smallest absolute Gasteiger partial charge is 0.274 e. The second kappa shape index (κ2) is 8.24. The molecule has 5 N–H and O–H groups in total. The second-order valence-electron chi connectivity index (χ2n) is 5.57. The molecular weight excluding hydrogens is 360 g/mol. The maximum Gasteiger partial charge on any atom is 0.274 e. The average Bonchev–Trinajstić information content (AvgIpc) is 3.23. The number of benzene rings is 1. The average molecular weight is 378 g/mol. The van der Waals surface area contributed by atoms with Crippen molar-refractivity contribution in [3.05, 3.63) is 65.3 Å². The zero-order valence-electron chi connectivity index (χ0n) is 14.6. The summed E-state index contributed by atoms with van der Waals surface area (Å²) in [5.41, 5.74) is 9.42. The molecule has 1 amide bonds. The van der Waals surface area contributed by atoms with Crippen LogP contribution in [0, 0.1) is 0 Å². The highest BCUT2D eigenvalue weighted by Crippen LogP contribution is 2.30. The third-order valence-corrected chi connectivity index (χ3v) is 4.71. The Balaban J connectivity index is 1.80. The first-order valence-corrected chi connectivity index (χ1v) is 8.91. The van der Waals surface area contributed by atoms with E-state index in [9.17, 15) is 4.79 Å². The van der Waals surface area contributed by atoms with Gasteiger partial charge in [-0.05, 0) is 41.3 Å². The van der Waals surface area contributed by atoms with Crippen LogP contribution in [0.5, 0.6) is 0 Å². The third-order valence-electron chi connectivity index (χ3n) is 3.79. The number of aliphatic imine (C=N–C) groups is 1. The number of hydrazone groups is 1. The Bertz CT molecular complexity index is 994. The van der Waals surface area contributed by atoms with Crippen LogP contribution in [0.1, 0.15) is 16.1 Å². The molecule has 0 saturated carbocycles. The van der Waals surface area contributed by atoms with Gasteiger partial charge in [0.15, 0.2) is 0 Å². The quantitative estimate of drug-likeness (QED) is 0.274. The van der Waals surface area contributed by atoms with Gasteiger partial charge in [-0.25, -0.2) is 0 Å². The van der Waals surface area contributed by atoms with Crippen molar-refractivity contribution in [1.29, 1.82) is 0 Å². The Kier molecular flexibility index (Phi) is 5.58. The molecule has 2 aromatic heterocycles. The number of carbonyl (C=O) groups is 1. The maximum absolute atomic E-state index is 12.5. The van der Waals surface area contributed by atoms with E-state index in [4.69, 9.17) is 11.6 Å². The number of pyridine rings is 1. The topological polar surface area (TPSA) is 119 Å². The summed E-state index contributed by atoms with van der Waals surface area (Å²) in [6.45, 7) is 0. The number of anilines is 2. The van der Waals surface area contributed by atoms with Gasteiger partial charge in [0.05, 0.1) is 11.4 Å². The van der Waals surface area contributed by atoms with Crippen molar-refractivity contribution >= 4 is 40.5 Å². The lowest BCUT2D eigenvalue weighted by Crippen LogP contribution is -2.15. The molecule has 0 radical (unpaired) electrons. The summed E-state index contributed by atoms with van der Waals surface area (Å²) < 4.78 is 0. The van der Waals surface area contributed by atoms with Gasteiger partial charge in [0.2, 0.25) is 0 Å². The van der Waals surface area contributed by atoms with Crippen LogP contribution in [0.3, 0.4) is 0 Å². The summed E-state index contributed by atoms with van der Waals surface area (Å²) in [6, 6.07) is 12.8. The van der Waals surface area contributed by atoms with Gasteiger partial charge in [0.25, 0.3) is 5.91 Å². The fourth-order valence-electron chi connectivity index (χ4n) is 2.43. The maximum atomic E-state index is 12.5. The number of hydrogen-bond acceptors (Lipinski definition) is 7. The summed E-state index contributed by atoms with van der Waals surface area (Å²) in [5.74, 6) is 4.98. The largest absolute Gasteiger partial charge is 0.397 e. The van der Waals surface area contributed by atoms with Gasteiger partial charge in [-0.2, -0.15) is 5.10 Å². The van der Waals surface area contributed by atoms with E-state index in [1.54, 1.807) is 36.6 Å².